The van der Waals surface area contributed by atoms with Gasteiger partial charge >= 0.3 is 0 Å². The van der Waals surface area contributed by atoms with Gasteiger partial charge in [0, 0.05) is 11.1 Å². The number of benzene rings is 1. The zero-order valence-electron chi connectivity index (χ0n) is 13.2. The summed E-state index contributed by atoms with van der Waals surface area (Å²) in [6.07, 6.45) is 0. The lowest BCUT2D eigenvalue weighted by Gasteiger charge is -2.18. The molecule has 2 aromatic rings. The molecule has 0 bridgehead atoms. The number of carbonyl (C=O) groups is 1. The molecule has 130 valence electrons. The summed E-state index contributed by atoms with van der Waals surface area (Å²) in [6.45, 7) is 5.37. The molecule has 0 unspecified atom stereocenters. The van der Waals surface area contributed by atoms with Crippen molar-refractivity contribution in [3.63, 3.8) is 0 Å². The summed E-state index contributed by atoms with van der Waals surface area (Å²) >= 11 is 12.7. The van der Waals surface area contributed by atoms with Gasteiger partial charge in [0.2, 0.25) is 5.91 Å². The van der Waals surface area contributed by atoms with Gasteiger partial charge in [0.25, 0.3) is 10.0 Å². The summed E-state index contributed by atoms with van der Waals surface area (Å²) in [5.74, 6) is -0.171. The predicted octanol–water partition coefficient (Wildman–Crippen LogP) is 4.84. The molecule has 0 spiro atoms. The highest BCUT2D eigenvalue weighted by atomic mass is 35.5. The maximum atomic E-state index is 12.4. The Bertz CT molecular complexity index is 871. The molecule has 0 aliphatic rings. The van der Waals surface area contributed by atoms with Gasteiger partial charge in [-0.25, -0.2) is 8.42 Å². The van der Waals surface area contributed by atoms with Gasteiger partial charge in [-0.2, -0.15) is 0 Å². The van der Waals surface area contributed by atoms with Crippen LogP contribution in [0, 0.1) is 5.41 Å². The lowest BCUT2D eigenvalue weighted by molar-refractivity contribution is -0.123. The smallest absolute Gasteiger partial charge is 0.264 e. The number of anilines is 2. The second kappa shape index (κ2) is 6.92. The van der Waals surface area contributed by atoms with Crippen LogP contribution in [0.25, 0.3) is 0 Å². The molecule has 1 aromatic heterocycles. The van der Waals surface area contributed by atoms with E-state index in [2.05, 4.69) is 10.0 Å². The van der Waals surface area contributed by atoms with E-state index in [0.29, 0.717) is 11.4 Å². The minimum Gasteiger partial charge on any atom is -0.326 e. The Kier molecular flexibility index (Phi) is 5.49. The van der Waals surface area contributed by atoms with Gasteiger partial charge in [-0.3, -0.25) is 9.52 Å². The molecule has 0 fully saturated rings. The van der Waals surface area contributed by atoms with Crippen LogP contribution in [0.15, 0.2) is 35.2 Å². The number of hydrogen-bond acceptors (Lipinski definition) is 4. The Balaban J connectivity index is 2.23. The highest BCUT2D eigenvalue weighted by Crippen LogP contribution is 2.35. The molecule has 0 saturated heterocycles. The highest BCUT2D eigenvalue weighted by Gasteiger charge is 2.23. The number of amides is 1. The number of nitrogens with one attached hydrogen (secondary N) is 2. The fourth-order valence-electron chi connectivity index (χ4n) is 1.70. The monoisotopic (exact) mass is 406 g/mol. The van der Waals surface area contributed by atoms with Crippen molar-refractivity contribution in [2.75, 3.05) is 10.0 Å². The standard InChI is InChI=1S/C15H16Cl2N2O3S2/c1-15(2,3)14(20)18-9-5-4-6-10(7-9)19-24(21,22)11-8-12(16)23-13(11)17/h4-8,19H,1-3H3,(H,18,20). The molecule has 0 aliphatic heterocycles. The first-order valence-electron chi connectivity index (χ1n) is 6.88. The van der Waals surface area contributed by atoms with E-state index in [0.717, 1.165) is 11.3 Å². The van der Waals surface area contributed by atoms with Gasteiger partial charge in [-0.1, -0.05) is 50.0 Å². The molecule has 9 heteroatoms. The SMILES string of the molecule is CC(C)(C)C(=O)Nc1cccc(NS(=O)(=O)c2cc(Cl)sc2Cl)c1. The van der Waals surface area contributed by atoms with E-state index in [-0.39, 0.29) is 19.5 Å². The van der Waals surface area contributed by atoms with Gasteiger partial charge in [0.1, 0.15) is 9.23 Å². The van der Waals surface area contributed by atoms with E-state index in [9.17, 15) is 13.2 Å². The summed E-state index contributed by atoms with van der Waals surface area (Å²) in [7, 11) is -3.87. The molecule has 1 aromatic carbocycles. The first-order chi connectivity index (χ1) is 11.0. The molecule has 0 aliphatic carbocycles. The minimum atomic E-state index is -3.87. The molecule has 5 nitrogen and oxygen atoms in total. The van der Waals surface area contributed by atoms with Crippen molar-refractivity contribution in [3.8, 4) is 0 Å². The van der Waals surface area contributed by atoms with Crippen LogP contribution in [0.2, 0.25) is 8.67 Å². The van der Waals surface area contributed by atoms with Crippen LogP contribution in [0.1, 0.15) is 20.8 Å². The molecule has 1 amide bonds. The van der Waals surface area contributed by atoms with E-state index in [1.807, 2.05) is 0 Å². The van der Waals surface area contributed by atoms with Crippen molar-refractivity contribution >= 4 is 61.8 Å². The molecular formula is C15H16Cl2N2O3S2. The van der Waals surface area contributed by atoms with E-state index < -0.39 is 15.4 Å². The predicted molar refractivity (Wildman–Crippen MR) is 99.7 cm³/mol. The Morgan fingerprint density at radius 1 is 1.12 bits per heavy atom. The molecule has 0 radical (unpaired) electrons. The number of halogens is 2. The summed E-state index contributed by atoms with van der Waals surface area (Å²) in [6, 6.07) is 7.71. The molecule has 1 heterocycles. The minimum absolute atomic E-state index is 0.0803. The van der Waals surface area contributed by atoms with Crippen LogP contribution >= 0.6 is 34.5 Å². The number of carbonyl (C=O) groups excluding carboxylic acids is 1. The second-order valence-corrected chi connectivity index (χ2v) is 10.0. The summed E-state index contributed by atoms with van der Waals surface area (Å²) in [5.41, 5.74) is 0.237. The Hall–Kier alpha value is -1.28. The maximum Gasteiger partial charge on any atom is 0.264 e. The lowest BCUT2D eigenvalue weighted by Crippen LogP contribution is -2.27. The highest BCUT2D eigenvalue weighted by molar-refractivity contribution is 7.93. The topological polar surface area (TPSA) is 75.3 Å². The number of rotatable bonds is 4. The number of thiophene rings is 1. The third kappa shape index (κ3) is 4.63. The lowest BCUT2D eigenvalue weighted by atomic mass is 9.95. The van der Waals surface area contributed by atoms with E-state index >= 15 is 0 Å². The average Bonchev–Trinajstić information content (AvgIpc) is 2.77. The van der Waals surface area contributed by atoms with E-state index in [4.69, 9.17) is 23.2 Å². The van der Waals surface area contributed by atoms with Crippen LogP contribution in [0.3, 0.4) is 0 Å². The van der Waals surface area contributed by atoms with Crippen molar-refractivity contribution < 1.29 is 13.2 Å². The van der Waals surface area contributed by atoms with Gasteiger partial charge in [0.15, 0.2) is 0 Å². The molecule has 24 heavy (non-hydrogen) atoms. The number of sulfonamides is 1. The van der Waals surface area contributed by atoms with Crippen molar-refractivity contribution in [2.24, 2.45) is 5.41 Å². The fourth-order valence-corrected chi connectivity index (χ4v) is 4.90. The van der Waals surface area contributed by atoms with Crippen LogP contribution < -0.4 is 10.0 Å². The first kappa shape index (κ1) is 19.1. The van der Waals surface area contributed by atoms with Gasteiger partial charge in [0.05, 0.1) is 10.0 Å². The molecule has 0 atom stereocenters. The Labute approximate surface area is 155 Å². The van der Waals surface area contributed by atoms with Crippen LogP contribution in [-0.4, -0.2) is 14.3 Å². The van der Waals surface area contributed by atoms with E-state index in [1.54, 1.807) is 39.0 Å². The third-order valence-corrected chi connectivity index (χ3v) is 6.10. The van der Waals surface area contributed by atoms with Crippen molar-refractivity contribution in [1.82, 2.24) is 0 Å². The Morgan fingerprint density at radius 2 is 1.75 bits per heavy atom. The molecule has 2 rings (SSSR count). The summed E-state index contributed by atoms with van der Waals surface area (Å²) < 4.78 is 27.6. The van der Waals surface area contributed by atoms with Gasteiger partial charge in [-0.15, -0.1) is 11.3 Å². The van der Waals surface area contributed by atoms with Crippen LogP contribution in [0.4, 0.5) is 11.4 Å². The maximum absolute atomic E-state index is 12.4. The normalized spacial score (nSPS) is 12.0. The van der Waals surface area contributed by atoms with E-state index in [1.165, 1.54) is 12.1 Å². The van der Waals surface area contributed by atoms with Crippen molar-refractivity contribution in [1.29, 1.82) is 0 Å². The second-order valence-electron chi connectivity index (χ2n) is 6.08. The third-order valence-electron chi connectivity index (χ3n) is 2.97. The molecule has 0 saturated carbocycles. The Morgan fingerprint density at radius 3 is 2.29 bits per heavy atom. The zero-order chi connectivity index (χ0) is 18.1. The van der Waals surface area contributed by atoms with Crippen LogP contribution in [0.5, 0.6) is 0 Å². The van der Waals surface area contributed by atoms with Crippen LogP contribution in [-0.2, 0) is 14.8 Å². The van der Waals surface area contributed by atoms with Crippen molar-refractivity contribution in [3.05, 3.63) is 39.0 Å². The zero-order valence-corrected chi connectivity index (χ0v) is 16.3. The van der Waals surface area contributed by atoms with Gasteiger partial charge in [-0.05, 0) is 24.3 Å². The fraction of sp³-hybridized carbons (Fsp3) is 0.267. The molecule has 2 N–H and O–H groups in total. The quantitative estimate of drug-likeness (QED) is 0.762. The number of hydrogen-bond donors (Lipinski definition) is 2. The van der Waals surface area contributed by atoms with Crippen molar-refractivity contribution in [2.45, 2.75) is 25.7 Å². The largest absolute Gasteiger partial charge is 0.326 e. The van der Waals surface area contributed by atoms with Gasteiger partial charge < -0.3 is 5.32 Å². The average molecular weight is 407 g/mol. The first-order valence-corrected chi connectivity index (χ1v) is 9.94. The summed E-state index contributed by atoms with van der Waals surface area (Å²) in [5, 5.41) is 2.74. The summed E-state index contributed by atoms with van der Waals surface area (Å²) in [4.78, 5) is 11.9. The molecular weight excluding hydrogens is 391 g/mol.